The van der Waals surface area contributed by atoms with Crippen molar-refractivity contribution in [3.63, 3.8) is 0 Å². The minimum absolute atomic E-state index is 0.744. The van der Waals surface area contributed by atoms with Crippen LogP contribution >= 0.6 is 0 Å². The van der Waals surface area contributed by atoms with Gasteiger partial charge in [-0.3, -0.25) is 0 Å². The van der Waals surface area contributed by atoms with E-state index in [1.165, 1.54) is 12.8 Å². The lowest BCUT2D eigenvalue weighted by Crippen LogP contribution is -1.97. The van der Waals surface area contributed by atoms with E-state index in [1.807, 2.05) is 30.3 Å². The van der Waals surface area contributed by atoms with Crippen molar-refractivity contribution in [3.05, 3.63) is 30.3 Å². The number of nitrogens with one attached hydrogen (secondary N) is 1. The molecule has 1 nitrogen and oxygen atoms in total. The summed E-state index contributed by atoms with van der Waals surface area (Å²) in [4.78, 5) is 0. The molecule has 0 bridgehead atoms. The van der Waals surface area contributed by atoms with E-state index in [1.54, 1.807) is 0 Å². The molecule has 1 aromatic carbocycles. The minimum atomic E-state index is 0.744. The molecule has 1 N–H and O–H groups in total. The first-order valence-electron chi connectivity index (χ1n) is 5.18. The number of unbranched alkanes of at least 4 members (excludes halogenated alkanes) is 2. The van der Waals surface area contributed by atoms with Gasteiger partial charge in [0.25, 0.3) is 0 Å². The van der Waals surface area contributed by atoms with Gasteiger partial charge >= 0.3 is 0 Å². The third kappa shape index (κ3) is 4.57. The van der Waals surface area contributed by atoms with E-state index in [0.717, 1.165) is 18.7 Å². The van der Waals surface area contributed by atoms with E-state index in [-0.39, 0.29) is 0 Å². The Kier molecular flexibility index (Phi) is 5.35. The Hall–Kier alpha value is -1.42. The van der Waals surface area contributed by atoms with E-state index >= 15 is 0 Å². The van der Waals surface area contributed by atoms with Crippen molar-refractivity contribution in [3.8, 4) is 11.8 Å². The Morgan fingerprint density at radius 2 is 1.93 bits per heavy atom. The van der Waals surface area contributed by atoms with Crippen LogP contribution < -0.4 is 5.32 Å². The second-order valence-electron chi connectivity index (χ2n) is 3.18. The maximum atomic E-state index is 3.25. The van der Waals surface area contributed by atoms with Gasteiger partial charge in [0.2, 0.25) is 0 Å². The van der Waals surface area contributed by atoms with Crippen LogP contribution in [-0.4, -0.2) is 6.54 Å². The fourth-order valence-corrected chi connectivity index (χ4v) is 1.12. The zero-order valence-electron chi connectivity index (χ0n) is 8.72. The van der Waals surface area contributed by atoms with Gasteiger partial charge in [-0.15, -0.1) is 5.92 Å². The SMILES string of the molecule is CCCCC#CCNc1ccccc1. The normalized spacial score (nSPS) is 8.93. The third-order valence-corrected chi connectivity index (χ3v) is 1.94. The first-order valence-corrected chi connectivity index (χ1v) is 5.18. The molecule has 1 aromatic rings. The second-order valence-corrected chi connectivity index (χ2v) is 3.18. The minimum Gasteiger partial charge on any atom is -0.374 e. The molecular formula is C13H17N. The molecule has 0 unspecified atom stereocenters. The van der Waals surface area contributed by atoms with Gasteiger partial charge in [-0.2, -0.15) is 0 Å². The highest BCUT2D eigenvalue weighted by atomic mass is 14.8. The van der Waals surface area contributed by atoms with Crippen molar-refractivity contribution in [1.29, 1.82) is 0 Å². The van der Waals surface area contributed by atoms with E-state index < -0.39 is 0 Å². The quantitative estimate of drug-likeness (QED) is 0.563. The topological polar surface area (TPSA) is 12.0 Å². The lowest BCUT2D eigenvalue weighted by molar-refractivity contribution is 0.828. The lowest BCUT2D eigenvalue weighted by Gasteiger charge is -1.99. The molecule has 0 aromatic heterocycles. The standard InChI is InChI=1S/C13H17N/c1-2-3-4-5-9-12-14-13-10-7-6-8-11-13/h6-8,10-11,14H,2-4,12H2,1H3. The van der Waals surface area contributed by atoms with Gasteiger partial charge in [-0.25, -0.2) is 0 Å². The molecule has 0 spiro atoms. The molecule has 1 heteroatoms. The maximum absolute atomic E-state index is 3.25. The molecule has 0 saturated carbocycles. The van der Waals surface area contributed by atoms with Crippen molar-refractivity contribution >= 4 is 5.69 Å². The van der Waals surface area contributed by atoms with Gasteiger partial charge in [0.05, 0.1) is 6.54 Å². The van der Waals surface area contributed by atoms with E-state index in [9.17, 15) is 0 Å². The molecule has 74 valence electrons. The average Bonchev–Trinajstić information content (AvgIpc) is 2.25. The molecule has 0 radical (unpaired) electrons. The summed E-state index contributed by atoms with van der Waals surface area (Å²) < 4.78 is 0. The maximum Gasteiger partial charge on any atom is 0.0765 e. The second kappa shape index (κ2) is 7.03. The van der Waals surface area contributed by atoms with Crippen LogP contribution in [0.3, 0.4) is 0 Å². The average molecular weight is 187 g/mol. The molecule has 0 aliphatic rings. The first-order chi connectivity index (χ1) is 6.93. The monoisotopic (exact) mass is 187 g/mol. The van der Waals surface area contributed by atoms with Crippen LogP contribution in [0.4, 0.5) is 5.69 Å². The number of para-hydroxylation sites is 1. The van der Waals surface area contributed by atoms with Crippen LogP contribution in [0.1, 0.15) is 26.2 Å². The van der Waals surface area contributed by atoms with Crippen molar-refractivity contribution in [2.75, 3.05) is 11.9 Å². The Morgan fingerprint density at radius 3 is 2.64 bits per heavy atom. The molecule has 0 aliphatic heterocycles. The number of rotatable bonds is 4. The molecule has 0 heterocycles. The summed E-state index contributed by atoms with van der Waals surface area (Å²) in [5, 5.41) is 3.25. The number of anilines is 1. The molecule has 0 aliphatic carbocycles. The zero-order valence-corrected chi connectivity index (χ0v) is 8.72. The third-order valence-electron chi connectivity index (χ3n) is 1.94. The molecule has 1 rings (SSSR count). The van der Waals surface area contributed by atoms with E-state index in [2.05, 4.69) is 24.1 Å². The van der Waals surface area contributed by atoms with Crippen molar-refractivity contribution in [1.82, 2.24) is 0 Å². The smallest absolute Gasteiger partial charge is 0.0765 e. The van der Waals surface area contributed by atoms with Crippen LogP contribution in [0.15, 0.2) is 30.3 Å². The Labute approximate surface area is 86.5 Å². The summed E-state index contributed by atoms with van der Waals surface area (Å²) in [6, 6.07) is 10.2. The van der Waals surface area contributed by atoms with Crippen molar-refractivity contribution in [2.45, 2.75) is 26.2 Å². The largest absolute Gasteiger partial charge is 0.374 e. The Balaban J connectivity index is 2.17. The van der Waals surface area contributed by atoms with Crippen LogP contribution in [0, 0.1) is 11.8 Å². The predicted molar refractivity (Wildman–Crippen MR) is 62.2 cm³/mol. The molecular weight excluding hydrogens is 170 g/mol. The van der Waals surface area contributed by atoms with Crippen LogP contribution in [-0.2, 0) is 0 Å². The summed E-state index contributed by atoms with van der Waals surface area (Å²) in [6.45, 7) is 2.93. The number of hydrogen-bond acceptors (Lipinski definition) is 1. The fourth-order valence-electron chi connectivity index (χ4n) is 1.12. The fraction of sp³-hybridized carbons (Fsp3) is 0.385. The molecule has 0 amide bonds. The van der Waals surface area contributed by atoms with Gasteiger partial charge < -0.3 is 5.32 Å². The van der Waals surface area contributed by atoms with Gasteiger partial charge in [-0.1, -0.05) is 37.5 Å². The summed E-state index contributed by atoms with van der Waals surface area (Å²) in [5.74, 6) is 6.25. The molecule has 0 atom stereocenters. The highest BCUT2D eigenvalue weighted by molar-refractivity contribution is 5.43. The molecule has 0 saturated heterocycles. The predicted octanol–water partition coefficient (Wildman–Crippen LogP) is 3.29. The zero-order chi connectivity index (χ0) is 10.1. The molecule has 0 fully saturated rings. The Morgan fingerprint density at radius 1 is 1.14 bits per heavy atom. The summed E-state index contributed by atoms with van der Waals surface area (Å²) in [7, 11) is 0. The van der Waals surface area contributed by atoms with Crippen molar-refractivity contribution in [2.24, 2.45) is 0 Å². The van der Waals surface area contributed by atoms with Crippen LogP contribution in [0.25, 0.3) is 0 Å². The van der Waals surface area contributed by atoms with Gasteiger partial charge in [0, 0.05) is 12.1 Å². The Bertz CT molecular complexity index is 292. The van der Waals surface area contributed by atoms with E-state index in [4.69, 9.17) is 0 Å². The number of hydrogen-bond donors (Lipinski definition) is 1. The summed E-state index contributed by atoms with van der Waals surface area (Å²) in [6.07, 6.45) is 3.45. The summed E-state index contributed by atoms with van der Waals surface area (Å²) in [5.41, 5.74) is 1.14. The summed E-state index contributed by atoms with van der Waals surface area (Å²) >= 11 is 0. The molecule has 14 heavy (non-hydrogen) atoms. The van der Waals surface area contributed by atoms with Gasteiger partial charge in [0.1, 0.15) is 0 Å². The lowest BCUT2D eigenvalue weighted by atomic mass is 10.2. The highest BCUT2D eigenvalue weighted by Gasteiger charge is 1.84. The van der Waals surface area contributed by atoms with E-state index in [0.29, 0.717) is 0 Å². The van der Waals surface area contributed by atoms with Crippen LogP contribution in [0.5, 0.6) is 0 Å². The number of benzene rings is 1. The first kappa shape index (κ1) is 10.7. The van der Waals surface area contributed by atoms with Crippen molar-refractivity contribution < 1.29 is 0 Å². The van der Waals surface area contributed by atoms with Gasteiger partial charge in [0.15, 0.2) is 0 Å². The highest BCUT2D eigenvalue weighted by Crippen LogP contribution is 2.03. The van der Waals surface area contributed by atoms with Gasteiger partial charge in [-0.05, 0) is 18.6 Å². The van der Waals surface area contributed by atoms with Crippen LogP contribution in [0.2, 0.25) is 0 Å².